The fraction of sp³-hybridized carbons (Fsp3) is 0. The maximum atomic E-state index is 10.0. The van der Waals surface area contributed by atoms with E-state index >= 15 is 0 Å². The molecule has 1 N–H and O–H groups in total. The van der Waals surface area contributed by atoms with Crippen LogP contribution in [0.3, 0.4) is 0 Å². The topological polar surface area (TPSA) is 137 Å². The molecule has 0 saturated carbocycles. The Kier molecular flexibility index (Phi) is 4.23. The first kappa shape index (κ1) is 11.7. The molecule has 0 aliphatic carbocycles. The van der Waals surface area contributed by atoms with Gasteiger partial charge in [0.1, 0.15) is 15.7 Å². The minimum atomic E-state index is -1.30. The van der Waals surface area contributed by atoms with Crippen molar-refractivity contribution in [3.63, 3.8) is 0 Å². The first-order valence-electron chi connectivity index (χ1n) is 2.52. The van der Waals surface area contributed by atoms with Crippen LogP contribution in [0.1, 0.15) is 0 Å². The fourth-order valence-corrected chi connectivity index (χ4v) is 0.486. The van der Waals surface area contributed by atoms with Crippen LogP contribution in [-0.4, -0.2) is 9.85 Å². The number of hydrogen-bond donors (Lipinski definition) is 1. The molecule has 0 saturated heterocycles. The fourth-order valence-electron chi connectivity index (χ4n) is 0.486. The molecular formula is C2HN6NaO4. The Balaban J connectivity index is 0.00000144. The number of nitrogens with one attached hydrogen (secondary N) is 1. The molecule has 0 atom stereocenters. The van der Waals surface area contributed by atoms with E-state index < -0.39 is 21.5 Å². The minimum absolute atomic E-state index is 0. The van der Waals surface area contributed by atoms with Crippen molar-refractivity contribution < 1.29 is 39.4 Å². The smallest absolute Gasteiger partial charge is 0.346 e. The second-order valence-electron chi connectivity index (χ2n) is 1.57. The first-order chi connectivity index (χ1) is 5.63. The molecule has 0 amide bonds. The van der Waals surface area contributed by atoms with Crippen molar-refractivity contribution in [2.24, 2.45) is 10.3 Å². The molecular weight excluding hydrogens is 195 g/mol. The first-order valence-corrected chi connectivity index (χ1v) is 2.52. The molecule has 0 radical (unpaired) electrons. The molecule has 1 aliphatic rings. The molecule has 13 heavy (non-hydrogen) atoms. The summed E-state index contributed by atoms with van der Waals surface area (Å²) in [5.74, 6) is -1.95. The normalized spacial score (nSPS) is 12.5. The van der Waals surface area contributed by atoms with Gasteiger partial charge in [-0.3, -0.25) is 25.8 Å². The Morgan fingerprint density at radius 1 is 1.38 bits per heavy atom. The summed E-state index contributed by atoms with van der Waals surface area (Å²) in [6.45, 7) is 0. The van der Waals surface area contributed by atoms with Crippen molar-refractivity contribution >= 4 is 0 Å². The second kappa shape index (κ2) is 4.69. The Morgan fingerprint density at radius 3 is 2.23 bits per heavy atom. The maximum Gasteiger partial charge on any atom is 1.00 e. The van der Waals surface area contributed by atoms with Gasteiger partial charge in [0.2, 0.25) is 0 Å². The summed E-state index contributed by atoms with van der Waals surface area (Å²) >= 11 is 0. The summed E-state index contributed by atoms with van der Waals surface area (Å²) < 4.78 is 0. The summed E-state index contributed by atoms with van der Waals surface area (Å²) in [7, 11) is 0. The number of nitrogens with zero attached hydrogens (tertiary/aromatic N) is 5. The predicted octanol–water partition coefficient (Wildman–Crippen LogP) is -3.07. The van der Waals surface area contributed by atoms with Crippen molar-refractivity contribution in [1.82, 2.24) is 5.53 Å². The van der Waals surface area contributed by atoms with E-state index in [0.717, 1.165) is 0 Å². The van der Waals surface area contributed by atoms with E-state index in [9.17, 15) is 20.2 Å². The van der Waals surface area contributed by atoms with Crippen LogP contribution in [0.2, 0.25) is 0 Å². The molecule has 1 aliphatic heterocycles. The second-order valence-corrected chi connectivity index (χ2v) is 1.57. The summed E-state index contributed by atoms with van der Waals surface area (Å²) in [6, 6.07) is 0. The van der Waals surface area contributed by atoms with Crippen LogP contribution in [0.4, 0.5) is 0 Å². The molecule has 1 heterocycles. The average molecular weight is 196 g/mol. The number of nitro groups is 2. The maximum absolute atomic E-state index is 10.0. The molecule has 0 fully saturated rings. The molecule has 64 valence electrons. The van der Waals surface area contributed by atoms with Crippen LogP contribution in [0.25, 0.3) is 5.43 Å². The molecule has 0 bridgehead atoms. The SMILES string of the molecule is O=[N+]([O-])C(=C1N=NN[N-]1)[N+](=O)[O-].[Na+]. The molecule has 10 nitrogen and oxygen atoms in total. The molecule has 0 unspecified atom stereocenters. The van der Waals surface area contributed by atoms with E-state index in [0.29, 0.717) is 0 Å². The van der Waals surface area contributed by atoms with Gasteiger partial charge in [0.15, 0.2) is 0 Å². The summed E-state index contributed by atoms with van der Waals surface area (Å²) in [6.07, 6.45) is 0. The van der Waals surface area contributed by atoms with Gasteiger partial charge in [-0.05, 0) is 0 Å². The van der Waals surface area contributed by atoms with E-state index in [1.54, 1.807) is 0 Å². The van der Waals surface area contributed by atoms with Gasteiger partial charge in [-0.1, -0.05) is 0 Å². The van der Waals surface area contributed by atoms with Gasteiger partial charge in [-0.2, -0.15) is 5.22 Å². The molecule has 0 aromatic carbocycles. The Bertz CT molecular complexity index is 281. The van der Waals surface area contributed by atoms with E-state index in [-0.39, 0.29) is 29.6 Å². The van der Waals surface area contributed by atoms with Crippen molar-refractivity contribution in [3.8, 4) is 0 Å². The zero-order valence-electron chi connectivity index (χ0n) is 6.37. The van der Waals surface area contributed by atoms with Gasteiger partial charge in [0.25, 0.3) is 0 Å². The summed E-state index contributed by atoms with van der Waals surface area (Å²) in [4.78, 5) is 17.7. The van der Waals surface area contributed by atoms with Crippen LogP contribution in [0, 0.1) is 20.2 Å². The van der Waals surface area contributed by atoms with Crippen molar-refractivity contribution in [3.05, 3.63) is 37.3 Å². The standard InChI is InChI=1S/C2HN6O4.Na/c9-7(10)2(8(11)12)1-3-5-6-4-1;/h(H-,3,4,5,6);/q-1;+1. The zero-order chi connectivity index (χ0) is 9.14. The van der Waals surface area contributed by atoms with Crippen LogP contribution in [0.15, 0.2) is 22.0 Å². The Hall–Kier alpha value is -1.26. The van der Waals surface area contributed by atoms with Gasteiger partial charge in [-0.15, -0.1) is 0 Å². The van der Waals surface area contributed by atoms with E-state index in [1.165, 1.54) is 0 Å². The molecule has 0 spiro atoms. The van der Waals surface area contributed by atoms with Gasteiger partial charge >= 0.3 is 35.4 Å². The van der Waals surface area contributed by atoms with E-state index in [4.69, 9.17) is 0 Å². The monoisotopic (exact) mass is 196 g/mol. The largest absolute Gasteiger partial charge is 1.00 e. The van der Waals surface area contributed by atoms with Crippen molar-refractivity contribution in [1.29, 1.82) is 0 Å². The summed E-state index contributed by atoms with van der Waals surface area (Å²) in [5, 5.41) is 26.1. The zero-order valence-corrected chi connectivity index (χ0v) is 8.37. The quantitative estimate of drug-likeness (QED) is 0.283. The Labute approximate surface area is 92.6 Å². The van der Waals surface area contributed by atoms with Crippen molar-refractivity contribution in [2.75, 3.05) is 0 Å². The third kappa shape index (κ3) is 2.61. The average Bonchev–Trinajstić information content (AvgIpc) is 2.37. The van der Waals surface area contributed by atoms with E-state index in [2.05, 4.69) is 15.8 Å². The van der Waals surface area contributed by atoms with Crippen molar-refractivity contribution in [2.45, 2.75) is 0 Å². The molecule has 0 aromatic rings. The van der Waals surface area contributed by atoms with Gasteiger partial charge < -0.3 is 10.5 Å². The third-order valence-corrected chi connectivity index (χ3v) is 0.891. The predicted molar refractivity (Wildman–Crippen MR) is 32.4 cm³/mol. The number of hydrogen-bond acceptors (Lipinski definition) is 7. The van der Waals surface area contributed by atoms with E-state index in [1.807, 2.05) is 5.53 Å². The van der Waals surface area contributed by atoms with Crippen LogP contribution in [0.5, 0.6) is 0 Å². The van der Waals surface area contributed by atoms with Gasteiger partial charge in [0, 0.05) is 0 Å². The van der Waals surface area contributed by atoms with Crippen LogP contribution in [-0.2, 0) is 0 Å². The summed E-state index contributed by atoms with van der Waals surface area (Å²) in [5.41, 5.74) is 4.97. The van der Waals surface area contributed by atoms with Gasteiger partial charge in [-0.25, -0.2) is 0 Å². The van der Waals surface area contributed by atoms with Gasteiger partial charge in [0.05, 0.1) is 0 Å². The number of rotatable bonds is 2. The molecule has 1 rings (SSSR count). The Morgan fingerprint density at radius 2 is 1.92 bits per heavy atom. The van der Waals surface area contributed by atoms with Crippen LogP contribution >= 0.6 is 0 Å². The molecule has 11 heteroatoms. The third-order valence-electron chi connectivity index (χ3n) is 0.891. The van der Waals surface area contributed by atoms with Crippen LogP contribution < -0.4 is 35.1 Å². The minimum Gasteiger partial charge on any atom is -0.346 e. The molecule has 0 aromatic heterocycles.